The summed E-state index contributed by atoms with van der Waals surface area (Å²) in [6.45, 7) is 5.32. The van der Waals surface area contributed by atoms with Gasteiger partial charge in [0.2, 0.25) is 5.88 Å². The fourth-order valence-corrected chi connectivity index (χ4v) is 3.85. The van der Waals surface area contributed by atoms with Crippen molar-refractivity contribution in [2.45, 2.75) is 20.4 Å². The van der Waals surface area contributed by atoms with Gasteiger partial charge in [-0.15, -0.1) is 5.10 Å². The van der Waals surface area contributed by atoms with Crippen LogP contribution in [0.1, 0.15) is 21.5 Å². The average Bonchev–Trinajstić information content (AvgIpc) is 3.13. The molecule has 138 valence electrons. The van der Waals surface area contributed by atoms with Crippen LogP contribution in [0.3, 0.4) is 0 Å². The molecule has 0 saturated carbocycles. The molecule has 0 N–H and O–H groups in total. The van der Waals surface area contributed by atoms with Crippen molar-refractivity contribution in [3.8, 4) is 5.88 Å². The van der Waals surface area contributed by atoms with E-state index in [0.717, 1.165) is 10.2 Å². The van der Waals surface area contributed by atoms with Crippen LogP contribution in [0.25, 0.3) is 10.2 Å². The van der Waals surface area contributed by atoms with Crippen LogP contribution in [-0.2, 0) is 18.3 Å². The number of carbonyl (C=O) groups excluding carboxylic acids is 1. The molecule has 1 amide bonds. The van der Waals surface area contributed by atoms with Crippen LogP contribution in [0.4, 0.5) is 0 Å². The van der Waals surface area contributed by atoms with Crippen LogP contribution < -0.4 is 9.54 Å². The summed E-state index contributed by atoms with van der Waals surface area (Å²) in [7, 11) is 4.89. The Labute approximate surface area is 155 Å². The minimum atomic E-state index is -0.374. The molecule has 0 aliphatic heterocycles. The largest absolute Gasteiger partial charge is 0.479 e. The number of aryl methyl sites for hydroxylation is 3. The first kappa shape index (κ1) is 18.3. The Morgan fingerprint density at radius 1 is 1.27 bits per heavy atom. The third-order valence-electron chi connectivity index (χ3n) is 4.23. The zero-order valence-corrected chi connectivity index (χ0v) is 16.4. The van der Waals surface area contributed by atoms with Crippen LogP contribution in [-0.4, -0.2) is 41.1 Å². The summed E-state index contributed by atoms with van der Waals surface area (Å²) in [4.78, 5) is 17.7. The van der Waals surface area contributed by atoms with Gasteiger partial charge in [0.1, 0.15) is 5.56 Å². The highest BCUT2D eigenvalue weighted by molar-refractivity contribution is 7.16. The molecule has 0 saturated heterocycles. The SMILES string of the molecule is COCCn1c(=NC(=O)c2cn(C)nc2OC)sc2cc(C)c(C)cc21. The first-order chi connectivity index (χ1) is 12.4. The van der Waals surface area contributed by atoms with Gasteiger partial charge < -0.3 is 14.0 Å². The van der Waals surface area contributed by atoms with Crippen LogP contribution in [0.15, 0.2) is 23.3 Å². The summed E-state index contributed by atoms with van der Waals surface area (Å²) in [6, 6.07) is 4.26. The van der Waals surface area contributed by atoms with E-state index in [0.29, 0.717) is 23.5 Å². The Balaban J connectivity index is 2.15. The molecule has 0 aliphatic carbocycles. The van der Waals surface area contributed by atoms with Gasteiger partial charge in [0.15, 0.2) is 4.80 Å². The quantitative estimate of drug-likeness (QED) is 0.688. The third-order valence-corrected chi connectivity index (χ3v) is 5.27. The maximum absolute atomic E-state index is 12.7. The molecule has 0 atom stereocenters. The van der Waals surface area contributed by atoms with Gasteiger partial charge in [0.25, 0.3) is 5.91 Å². The van der Waals surface area contributed by atoms with Gasteiger partial charge in [-0.05, 0) is 37.1 Å². The molecule has 0 fully saturated rings. The van der Waals surface area contributed by atoms with Crippen molar-refractivity contribution in [1.29, 1.82) is 0 Å². The topological polar surface area (TPSA) is 70.6 Å². The lowest BCUT2D eigenvalue weighted by molar-refractivity contribution is 0.0994. The van der Waals surface area contributed by atoms with E-state index >= 15 is 0 Å². The molecule has 0 aliphatic rings. The van der Waals surface area contributed by atoms with Gasteiger partial charge in [-0.1, -0.05) is 11.3 Å². The fourth-order valence-electron chi connectivity index (χ4n) is 2.72. The van der Waals surface area contributed by atoms with E-state index in [2.05, 4.69) is 36.1 Å². The molecule has 26 heavy (non-hydrogen) atoms. The second kappa shape index (κ2) is 7.43. The van der Waals surface area contributed by atoms with Crippen molar-refractivity contribution in [1.82, 2.24) is 14.3 Å². The lowest BCUT2D eigenvalue weighted by Gasteiger charge is -2.06. The highest BCUT2D eigenvalue weighted by Gasteiger charge is 2.17. The van der Waals surface area contributed by atoms with E-state index in [1.54, 1.807) is 20.4 Å². The highest BCUT2D eigenvalue weighted by atomic mass is 32.1. The smallest absolute Gasteiger partial charge is 0.286 e. The zero-order chi connectivity index (χ0) is 18.8. The first-order valence-electron chi connectivity index (χ1n) is 8.20. The van der Waals surface area contributed by atoms with Gasteiger partial charge in [-0.25, -0.2) is 0 Å². The fraction of sp³-hybridized carbons (Fsp3) is 0.389. The summed E-state index contributed by atoms with van der Waals surface area (Å²) in [5.41, 5.74) is 3.82. The van der Waals surface area contributed by atoms with Gasteiger partial charge in [-0.2, -0.15) is 4.99 Å². The average molecular weight is 374 g/mol. The maximum atomic E-state index is 12.7. The molecular weight excluding hydrogens is 352 g/mol. The highest BCUT2D eigenvalue weighted by Crippen LogP contribution is 2.22. The summed E-state index contributed by atoms with van der Waals surface area (Å²) in [5, 5.41) is 4.12. The summed E-state index contributed by atoms with van der Waals surface area (Å²) in [6.07, 6.45) is 1.62. The maximum Gasteiger partial charge on any atom is 0.286 e. The van der Waals surface area contributed by atoms with Crippen molar-refractivity contribution >= 4 is 27.5 Å². The number of hydrogen-bond donors (Lipinski definition) is 0. The van der Waals surface area contributed by atoms with Crippen LogP contribution in [0, 0.1) is 13.8 Å². The molecule has 3 aromatic rings. The standard InChI is InChI=1S/C18H22N4O3S/c1-11-8-14-15(9-12(11)2)26-18(22(14)6-7-24-4)19-16(23)13-10-21(3)20-17(13)25-5/h8-10H,6-7H2,1-5H3. The number of nitrogens with zero attached hydrogens (tertiary/aromatic N) is 4. The Morgan fingerprint density at radius 2 is 2.00 bits per heavy atom. The number of carbonyl (C=O) groups is 1. The number of methoxy groups -OCH3 is 2. The molecule has 0 radical (unpaired) electrons. The number of amides is 1. The predicted octanol–water partition coefficient (Wildman–Crippen LogP) is 2.45. The van der Waals surface area contributed by atoms with Crippen molar-refractivity contribution < 1.29 is 14.3 Å². The van der Waals surface area contributed by atoms with Crippen LogP contribution >= 0.6 is 11.3 Å². The van der Waals surface area contributed by atoms with Gasteiger partial charge in [0, 0.05) is 26.9 Å². The van der Waals surface area contributed by atoms with E-state index in [-0.39, 0.29) is 11.8 Å². The van der Waals surface area contributed by atoms with Gasteiger partial charge in [0.05, 0.1) is 23.9 Å². The summed E-state index contributed by atoms with van der Waals surface area (Å²) >= 11 is 1.49. The van der Waals surface area contributed by atoms with E-state index in [1.807, 2.05) is 4.57 Å². The van der Waals surface area contributed by atoms with Crippen LogP contribution in [0.5, 0.6) is 5.88 Å². The number of hydrogen-bond acceptors (Lipinski definition) is 5. The second-order valence-corrected chi connectivity index (χ2v) is 7.09. The summed E-state index contributed by atoms with van der Waals surface area (Å²) in [5.74, 6) is -0.0985. The van der Waals surface area contributed by atoms with Crippen molar-refractivity contribution in [2.75, 3.05) is 20.8 Å². The second-order valence-electron chi connectivity index (χ2n) is 6.08. The number of rotatable bonds is 5. The molecule has 7 nitrogen and oxygen atoms in total. The number of thiazole rings is 1. The molecule has 8 heteroatoms. The first-order valence-corrected chi connectivity index (χ1v) is 9.02. The molecule has 2 aromatic heterocycles. The lowest BCUT2D eigenvalue weighted by Crippen LogP contribution is -2.19. The molecule has 3 rings (SSSR count). The van der Waals surface area contributed by atoms with Gasteiger partial charge in [-0.3, -0.25) is 9.48 Å². The molecule has 2 heterocycles. The number of aromatic nitrogens is 3. The van der Waals surface area contributed by atoms with E-state index in [4.69, 9.17) is 9.47 Å². The van der Waals surface area contributed by atoms with E-state index in [1.165, 1.54) is 34.3 Å². The predicted molar refractivity (Wildman–Crippen MR) is 101 cm³/mol. The van der Waals surface area contributed by atoms with E-state index < -0.39 is 0 Å². The van der Waals surface area contributed by atoms with Gasteiger partial charge >= 0.3 is 0 Å². The zero-order valence-electron chi connectivity index (χ0n) is 15.6. The summed E-state index contributed by atoms with van der Waals surface area (Å²) < 4.78 is 15.1. The molecule has 0 spiro atoms. The molecule has 1 aromatic carbocycles. The number of fused-ring (bicyclic) bond motifs is 1. The monoisotopic (exact) mass is 374 g/mol. The van der Waals surface area contributed by atoms with Crippen molar-refractivity contribution in [3.63, 3.8) is 0 Å². The minimum absolute atomic E-state index is 0.275. The Hall–Kier alpha value is -2.45. The Bertz CT molecular complexity index is 1030. The normalized spacial score (nSPS) is 12.1. The molecule has 0 unspecified atom stereocenters. The Kier molecular flexibility index (Phi) is 5.24. The van der Waals surface area contributed by atoms with Crippen LogP contribution in [0.2, 0.25) is 0 Å². The Morgan fingerprint density at radius 3 is 2.69 bits per heavy atom. The third kappa shape index (κ3) is 3.42. The van der Waals surface area contributed by atoms with E-state index in [9.17, 15) is 4.79 Å². The lowest BCUT2D eigenvalue weighted by atomic mass is 10.1. The molecular formula is C18H22N4O3S. The van der Waals surface area contributed by atoms with Crippen molar-refractivity contribution in [2.24, 2.45) is 12.0 Å². The number of benzene rings is 1. The minimum Gasteiger partial charge on any atom is -0.479 e. The number of ether oxygens (including phenoxy) is 2. The van der Waals surface area contributed by atoms with Crippen molar-refractivity contribution in [3.05, 3.63) is 39.8 Å². The molecule has 0 bridgehead atoms.